The predicted octanol–water partition coefficient (Wildman–Crippen LogP) is 2.40. The maximum absolute atomic E-state index is 5.46. The number of guanidine groups is 1. The molecule has 0 aliphatic carbocycles. The van der Waals surface area contributed by atoms with Crippen molar-refractivity contribution in [1.29, 1.82) is 0 Å². The van der Waals surface area contributed by atoms with Gasteiger partial charge in [-0.1, -0.05) is 12.1 Å². The van der Waals surface area contributed by atoms with E-state index in [0.717, 1.165) is 29.7 Å². The van der Waals surface area contributed by atoms with Crippen molar-refractivity contribution in [2.45, 2.75) is 32.7 Å². The molecule has 0 spiro atoms. The third-order valence-electron chi connectivity index (χ3n) is 4.80. The summed E-state index contributed by atoms with van der Waals surface area (Å²) in [5.74, 6) is 2.61. The highest BCUT2D eigenvalue weighted by molar-refractivity contribution is 5.79. The highest BCUT2D eigenvalue weighted by Gasteiger charge is 2.16. The number of nitrogens with one attached hydrogen (secondary N) is 2. The van der Waals surface area contributed by atoms with Crippen LogP contribution in [0.15, 0.2) is 23.2 Å². The highest BCUT2D eigenvalue weighted by Crippen LogP contribution is 2.20. The van der Waals surface area contributed by atoms with Crippen LogP contribution in [0.4, 0.5) is 0 Å². The average Bonchev–Trinajstić information content (AvgIpc) is 2.60. The Balaban J connectivity index is 1.74. The van der Waals surface area contributed by atoms with Gasteiger partial charge in [0.1, 0.15) is 5.75 Å². The second kappa shape index (κ2) is 9.52. The molecule has 1 fully saturated rings. The smallest absolute Gasteiger partial charge is 0.191 e. The van der Waals surface area contributed by atoms with E-state index in [1.54, 1.807) is 7.11 Å². The quantitative estimate of drug-likeness (QED) is 0.620. The van der Waals surface area contributed by atoms with Gasteiger partial charge in [0.2, 0.25) is 0 Å². The van der Waals surface area contributed by atoms with Gasteiger partial charge < -0.3 is 20.3 Å². The minimum absolute atomic E-state index is 0.706. The number of likely N-dealkylation sites (tertiary alicyclic amines) is 1. The molecular formula is C19H32N4O. The molecule has 0 radical (unpaired) electrons. The van der Waals surface area contributed by atoms with Gasteiger partial charge in [0.15, 0.2) is 5.96 Å². The number of methoxy groups -OCH3 is 1. The number of hydrogen-bond acceptors (Lipinski definition) is 3. The molecule has 0 amide bonds. The summed E-state index contributed by atoms with van der Waals surface area (Å²) >= 11 is 0. The van der Waals surface area contributed by atoms with Crippen molar-refractivity contribution < 1.29 is 4.74 Å². The number of rotatable bonds is 6. The SMILES string of the molecule is CN=C(NCCC1CCN(C)CC1)NCc1ccc(C)cc1OC. The first kappa shape index (κ1) is 18.6. The van der Waals surface area contributed by atoms with E-state index in [1.807, 2.05) is 7.05 Å². The van der Waals surface area contributed by atoms with E-state index in [9.17, 15) is 0 Å². The van der Waals surface area contributed by atoms with Crippen molar-refractivity contribution in [3.05, 3.63) is 29.3 Å². The molecule has 1 aliphatic heterocycles. The molecule has 5 nitrogen and oxygen atoms in total. The van der Waals surface area contributed by atoms with Crippen LogP contribution < -0.4 is 15.4 Å². The van der Waals surface area contributed by atoms with Gasteiger partial charge in [-0.05, 0) is 63.9 Å². The number of aryl methyl sites for hydroxylation is 1. The monoisotopic (exact) mass is 332 g/mol. The van der Waals surface area contributed by atoms with Gasteiger partial charge in [-0.2, -0.15) is 0 Å². The Labute approximate surface area is 146 Å². The third kappa shape index (κ3) is 5.71. The van der Waals surface area contributed by atoms with E-state index in [-0.39, 0.29) is 0 Å². The first-order valence-electron chi connectivity index (χ1n) is 8.89. The molecule has 1 heterocycles. The van der Waals surface area contributed by atoms with E-state index in [2.05, 4.69) is 52.7 Å². The fraction of sp³-hybridized carbons (Fsp3) is 0.632. The Morgan fingerprint density at radius 2 is 2.04 bits per heavy atom. The molecule has 2 N–H and O–H groups in total. The molecule has 0 unspecified atom stereocenters. The number of hydrogen-bond donors (Lipinski definition) is 2. The van der Waals surface area contributed by atoms with Gasteiger partial charge in [0, 0.05) is 25.7 Å². The van der Waals surface area contributed by atoms with Crippen LogP contribution in [0.1, 0.15) is 30.4 Å². The van der Waals surface area contributed by atoms with Gasteiger partial charge in [-0.15, -0.1) is 0 Å². The van der Waals surface area contributed by atoms with Crippen LogP contribution >= 0.6 is 0 Å². The zero-order valence-corrected chi connectivity index (χ0v) is 15.6. The molecule has 0 aromatic heterocycles. The topological polar surface area (TPSA) is 48.9 Å². The number of aliphatic imine (C=N–C) groups is 1. The van der Waals surface area contributed by atoms with Gasteiger partial charge >= 0.3 is 0 Å². The van der Waals surface area contributed by atoms with E-state index in [1.165, 1.54) is 37.9 Å². The van der Waals surface area contributed by atoms with E-state index >= 15 is 0 Å². The lowest BCUT2D eigenvalue weighted by Crippen LogP contribution is -2.38. The molecule has 134 valence electrons. The molecule has 0 atom stereocenters. The molecule has 5 heteroatoms. The lowest BCUT2D eigenvalue weighted by Gasteiger charge is -2.29. The van der Waals surface area contributed by atoms with Crippen LogP contribution in [0, 0.1) is 12.8 Å². The van der Waals surface area contributed by atoms with Crippen molar-refractivity contribution in [2.75, 3.05) is 40.8 Å². The Morgan fingerprint density at radius 3 is 2.71 bits per heavy atom. The van der Waals surface area contributed by atoms with E-state index in [0.29, 0.717) is 6.54 Å². The van der Waals surface area contributed by atoms with Gasteiger partial charge in [0.05, 0.1) is 7.11 Å². The Kier molecular flexibility index (Phi) is 7.37. The predicted molar refractivity (Wildman–Crippen MR) is 101 cm³/mol. The first-order chi connectivity index (χ1) is 11.6. The summed E-state index contributed by atoms with van der Waals surface area (Å²) in [5, 5.41) is 6.81. The molecule has 0 bridgehead atoms. The van der Waals surface area contributed by atoms with Gasteiger partial charge in [-0.25, -0.2) is 0 Å². The molecular weight excluding hydrogens is 300 g/mol. The summed E-state index contributed by atoms with van der Waals surface area (Å²) in [7, 11) is 5.74. The molecule has 2 rings (SSSR count). The van der Waals surface area contributed by atoms with Crippen LogP contribution in [-0.4, -0.2) is 51.7 Å². The van der Waals surface area contributed by atoms with Crippen LogP contribution in [0.5, 0.6) is 5.75 Å². The van der Waals surface area contributed by atoms with Crippen molar-refractivity contribution in [3.8, 4) is 5.75 Å². The Bertz CT molecular complexity index is 536. The second-order valence-corrected chi connectivity index (χ2v) is 6.70. The molecule has 24 heavy (non-hydrogen) atoms. The van der Waals surface area contributed by atoms with Crippen LogP contribution in [0.2, 0.25) is 0 Å². The number of ether oxygens (including phenoxy) is 1. The van der Waals surface area contributed by atoms with E-state index in [4.69, 9.17) is 4.74 Å². The van der Waals surface area contributed by atoms with Crippen molar-refractivity contribution in [3.63, 3.8) is 0 Å². The second-order valence-electron chi connectivity index (χ2n) is 6.70. The van der Waals surface area contributed by atoms with Gasteiger partial charge in [0.25, 0.3) is 0 Å². The maximum Gasteiger partial charge on any atom is 0.191 e. The van der Waals surface area contributed by atoms with Gasteiger partial charge in [-0.3, -0.25) is 4.99 Å². The molecule has 1 aromatic rings. The summed E-state index contributed by atoms with van der Waals surface area (Å²) in [6.45, 7) is 6.20. The highest BCUT2D eigenvalue weighted by atomic mass is 16.5. The lowest BCUT2D eigenvalue weighted by molar-refractivity contribution is 0.213. The minimum Gasteiger partial charge on any atom is -0.496 e. The first-order valence-corrected chi connectivity index (χ1v) is 8.89. The molecule has 1 aliphatic rings. The van der Waals surface area contributed by atoms with Crippen LogP contribution in [0.3, 0.4) is 0 Å². The normalized spacial score (nSPS) is 16.9. The molecule has 1 aromatic carbocycles. The maximum atomic E-state index is 5.46. The summed E-state index contributed by atoms with van der Waals surface area (Å²) in [4.78, 5) is 6.73. The average molecular weight is 332 g/mol. The van der Waals surface area contributed by atoms with Crippen LogP contribution in [-0.2, 0) is 6.54 Å². The minimum atomic E-state index is 0.706. The number of piperidine rings is 1. The fourth-order valence-electron chi connectivity index (χ4n) is 3.14. The van der Waals surface area contributed by atoms with Crippen molar-refractivity contribution >= 4 is 5.96 Å². The third-order valence-corrected chi connectivity index (χ3v) is 4.80. The zero-order valence-electron chi connectivity index (χ0n) is 15.6. The van der Waals surface area contributed by atoms with Crippen molar-refractivity contribution in [2.24, 2.45) is 10.9 Å². The summed E-state index contributed by atoms with van der Waals surface area (Å²) in [6, 6.07) is 6.27. The van der Waals surface area contributed by atoms with Crippen molar-refractivity contribution in [1.82, 2.24) is 15.5 Å². The van der Waals surface area contributed by atoms with E-state index < -0.39 is 0 Å². The fourth-order valence-corrected chi connectivity index (χ4v) is 3.14. The lowest BCUT2D eigenvalue weighted by atomic mass is 9.94. The number of benzene rings is 1. The summed E-state index contributed by atoms with van der Waals surface area (Å²) in [6.07, 6.45) is 3.83. The number of nitrogens with zero attached hydrogens (tertiary/aromatic N) is 2. The Morgan fingerprint density at radius 1 is 1.29 bits per heavy atom. The zero-order chi connectivity index (χ0) is 17.4. The summed E-state index contributed by atoms with van der Waals surface area (Å²) in [5.41, 5.74) is 2.35. The standard InChI is InChI=1S/C19H32N4O/c1-15-5-6-17(18(13-15)24-4)14-22-19(20-2)21-10-7-16-8-11-23(3)12-9-16/h5-6,13,16H,7-12,14H2,1-4H3,(H2,20,21,22). The largest absolute Gasteiger partial charge is 0.496 e. The summed E-state index contributed by atoms with van der Waals surface area (Å²) < 4.78 is 5.46. The Hall–Kier alpha value is -1.75. The molecule has 1 saturated heterocycles. The van der Waals surface area contributed by atoms with Crippen LogP contribution in [0.25, 0.3) is 0 Å². The molecule has 0 saturated carbocycles.